The number of carboxylic acid groups (broad SMARTS) is 1. The van der Waals surface area contributed by atoms with E-state index < -0.39 is 10.9 Å². The Bertz CT molecular complexity index is 476. The van der Waals surface area contributed by atoms with Gasteiger partial charge in [0, 0.05) is 11.3 Å². The molecule has 0 amide bonds. The van der Waals surface area contributed by atoms with Gasteiger partial charge in [0.2, 0.25) is 0 Å². The van der Waals surface area contributed by atoms with Crippen LogP contribution in [-0.4, -0.2) is 26.2 Å². The SMILES string of the molecule is CC(C)C(C)Sc1ncc([N+](=O)[O-])cc1C(=O)O. The molecule has 0 spiro atoms. The van der Waals surface area contributed by atoms with Crippen molar-refractivity contribution < 1.29 is 14.8 Å². The normalized spacial score (nSPS) is 12.4. The molecule has 1 atom stereocenters. The summed E-state index contributed by atoms with van der Waals surface area (Å²) in [5.41, 5.74) is -0.435. The lowest BCUT2D eigenvalue weighted by Gasteiger charge is -2.15. The standard InChI is InChI=1S/C11H14N2O4S/c1-6(2)7(3)18-10-9(11(14)15)4-8(5-12-10)13(16)17/h4-7H,1-3H3,(H,14,15). The van der Waals surface area contributed by atoms with E-state index in [1.807, 2.05) is 20.8 Å². The molecule has 1 heterocycles. The summed E-state index contributed by atoms with van der Waals surface area (Å²) in [6.45, 7) is 6.00. The predicted octanol–water partition coefficient (Wildman–Crippen LogP) is 2.82. The first kappa shape index (κ1) is 14.4. The first-order valence-electron chi connectivity index (χ1n) is 5.37. The molecule has 0 bridgehead atoms. The zero-order valence-corrected chi connectivity index (χ0v) is 11.1. The van der Waals surface area contributed by atoms with Crippen LogP contribution in [0.5, 0.6) is 0 Å². The topological polar surface area (TPSA) is 93.3 Å². The molecule has 1 rings (SSSR count). The smallest absolute Gasteiger partial charge is 0.338 e. The van der Waals surface area contributed by atoms with E-state index in [2.05, 4.69) is 4.98 Å². The van der Waals surface area contributed by atoms with Gasteiger partial charge in [-0.25, -0.2) is 9.78 Å². The van der Waals surface area contributed by atoms with Gasteiger partial charge in [-0.15, -0.1) is 11.8 Å². The van der Waals surface area contributed by atoms with E-state index in [0.29, 0.717) is 10.9 Å². The first-order valence-corrected chi connectivity index (χ1v) is 6.25. The minimum Gasteiger partial charge on any atom is -0.478 e. The number of nitro groups is 1. The zero-order chi connectivity index (χ0) is 13.9. The summed E-state index contributed by atoms with van der Waals surface area (Å²) >= 11 is 1.31. The number of carbonyl (C=O) groups is 1. The molecule has 1 aromatic heterocycles. The number of rotatable bonds is 5. The highest BCUT2D eigenvalue weighted by molar-refractivity contribution is 7.99. The lowest BCUT2D eigenvalue weighted by molar-refractivity contribution is -0.385. The fourth-order valence-corrected chi connectivity index (χ4v) is 2.11. The van der Waals surface area contributed by atoms with Crippen LogP contribution in [-0.2, 0) is 0 Å². The van der Waals surface area contributed by atoms with E-state index in [9.17, 15) is 14.9 Å². The molecule has 0 saturated heterocycles. The third-order valence-electron chi connectivity index (χ3n) is 2.51. The summed E-state index contributed by atoms with van der Waals surface area (Å²) in [6, 6.07) is 1.05. The summed E-state index contributed by atoms with van der Waals surface area (Å²) in [4.78, 5) is 24.9. The second kappa shape index (κ2) is 5.81. The number of hydrogen-bond acceptors (Lipinski definition) is 5. The van der Waals surface area contributed by atoms with Crippen molar-refractivity contribution in [1.82, 2.24) is 4.98 Å². The lowest BCUT2D eigenvalue weighted by atomic mass is 10.2. The van der Waals surface area contributed by atoms with E-state index in [1.54, 1.807) is 0 Å². The Kier molecular flexibility index (Phi) is 4.66. The Labute approximate surface area is 109 Å². The first-order chi connectivity index (χ1) is 8.32. The molecule has 0 saturated carbocycles. The van der Waals surface area contributed by atoms with Gasteiger partial charge in [0.05, 0.1) is 10.5 Å². The fourth-order valence-electron chi connectivity index (χ4n) is 1.10. The molecule has 6 nitrogen and oxygen atoms in total. The minimum atomic E-state index is -1.20. The number of aromatic nitrogens is 1. The van der Waals surface area contributed by atoms with Crippen LogP contribution < -0.4 is 0 Å². The van der Waals surface area contributed by atoms with Crippen molar-refractivity contribution in [1.29, 1.82) is 0 Å². The molecule has 1 N–H and O–H groups in total. The van der Waals surface area contributed by atoms with Gasteiger partial charge in [-0.05, 0) is 5.92 Å². The van der Waals surface area contributed by atoms with Crippen molar-refractivity contribution in [2.45, 2.75) is 31.0 Å². The second-order valence-electron chi connectivity index (χ2n) is 4.18. The Morgan fingerprint density at radius 3 is 2.56 bits per heavy atom. The molecule has 98 valence electrons. The van der Waals surface area contributed by atoms with Crippen molar-refractivity contribution in [3.63, 3.8) is 0 Å². The number of carboxylic acids is 1. The maximum absolute atomic E-state index is 11.1. The Hall–Kier alpha value is -1.63. The average molecular weight is 270 g/mol. The number of thioether (sulfide) groups is 1. The van der Waals surface area contributed by atoms with Gasteiger partial charge < -0.3 is 5.11 Å². The summed E-state index contributed by atoms with van der Waals surface area (Å²) in [6.07, 6.45) is 1.09. The fraction of sp³-hybridized carbons (Fsp3) is 0.455. The van der Waals surface area contributed by atoms with E-state index in [1.165, 1.54) is 11.8 Å². The van der Waals surface area contributed by atoms with Crippen LogP contribution >= 0.6 is 11.8 Å². The molecule has 0 radical (unpaired) electrons. The van der Waals surface area contributed by atoms with Crippen LogP contribution in [0.4, 0.5) is 5.69 Å². The van der Waals surface area contributed by atoms with E-state index in [0.717, 1.165) is 12.3 Å². The maximum atomic E-state index is 11.1. The molecular formula is C11H14N2O4S. The van der Waals surface area contributed by atoms with Crippen molar-refractivity contribution in [3.8, 4) is 0 Å². The lowest BCUT2D eigenvalue weighted by Crippen LogP contribution is -2.09. The number of aromatic carboxylic acids is 1. The highest BCUT2D eigenvalue weighted by Gasteiger charge is 2.20. The maximum Gasteiger partial charge on any atom is 0.338 e. The molecule has 0 aliphatic rings. The zero-order valence-electron chi connectivity index (χ0n) is 10.3. The van der Waals surface area contributed by atoms with Gasteiger partial charge in [0.1, 0.15) is 11.2 Å². The van der Waals surface area contributed by atoms with Gasteiger partial charge in [0.25, 0.3) is 5.69 Å². The van der Waals surface area contributed by atoms with Crippen LogP contribution in [0.3, 0.4) is 0 Å². The number of nitrogens with zero attached hydrogens (tertiary/aromatic N) is 2. The Morgan fingerprint density at radius 1 is 1.50 bits per heavy atom. The Balaban J connectivity index is 3.12. The van der Waals surface area contributed by atoms with Crippen molar-refractivity contribution in [3.05, 3.63) is 27.9 Å². The molecule has 0 aromatic carbocycles. The average Bonchev–Trinajstić information content (AvgIpc) is 2.28. The minimum absolute atomic E-state index is 0.123. The monoisotopic (exact) mass is 270 g/mol. The second-order valence-corrected chi connectivity index (χ2v) is 5.54. The van der Waals surface area contributed by atoms with Gasteiger partial charge in [-0.3, -0.25) is 10.1 Å². The van der Waals surface area contributed by atoms with Gasteiger partial charge in [0.15, 0.2) is 0 Å². The van der Waals surface area contributed by atoms with Crippen LogP contribution in [0.15, 0.2) is 17.3 Å². The molecule has 0 fully saturated rings. The van der Waals surface area contributed by atoms with Crippen LogP contribution in [0.25, 0.3) is 0 Å². The quantitative estimate of drug-likeness (QED) is 0.502. The van der Waals surface area contributed by atoms with Crippen molar-refractivity contribution in [2.75, 3.05) is 0 Å². The number of hydrogen-bond donors (Lipinski definition) is 1. The van der Waals surface area contributed by atoms with Crippen LogP contribution in [0.1, 0.15) is 31.1 Å². The number of pyridine rings is 1. The summed E-state index contributed by atoms with van der Waals surface area (Å²) in [5.74, 6) is -0.849. The molecule has 1 aromatic rings. The third-order valence-corrected chi connectivity index (χ3v) is 3.98. The largest absolute Gasteiger partial charge is 0.478 e. The molecule has 18 heavy (non-hydrogen) atoms. The predicted molar refractivity (Wildman–Crippen MR) is 68.0 cm³/mol. The molecule has 0 aliphatic carbocycles. The molecule has 1 unspecified atom stereocenters. The highest BCUT2D eigenvalue weighted by Crippen LogP contribution is 2.30. The van der Waals surface area contributed by atoms with E-state index in [4.69, 9.17) is 5.11 Å². The van der Waals surface area contributed by atoms with Gasteiger partial charge in [-0.1, -0.05) is 20.8 Å². The summed E-state index contributed by atoms with van der Waals surface area (Å²) in [7, 11) is 0. The Morgan fingerprint density at radius 2 is 2.11 bits per heavy atom. The molecule has 0 aliphatic heterocycles. The summed E-state index contributed by atoms with van der Waals surface area (Å²) in [5, 5.41) is 20.1. The highest BCUT2D eigenvalue weighted by atomic mass is 32.2. The van der Waals surface area contributed by atoms with Gasteiger partial charge in [-0.2, -0.15) is 0 Å². The molecular weight excluding hydrogens is 256 g/mol. The molecule has 7 heteroatoms. The van der Waals surface area contributed by atoms with E-state index in [-0.39, 0.29) is 16.5 Å². The third kappa shape index (κ3) is 3.43. The van der Waals surface area contributed by atoms with Crippen molar-refractivity contribution in [2.24, 2.45) is 5.92 Å². The summed E-state index contributed by atoms with van der Waals surface area (Å²) < 4.78 is 0. The van der Waals surface area contributed by atoms with Gasteiger partial charge >= 0.3 is 5.97 Å². The van der Waals surface area contributed by atoms with Crippen LogP contribution in [0, 0.1) is 16.0 Å². The van der Waals surface area contributed by atoms with Crippen LogP contribution in [0.2, 0.25) is 0 Å². The van der Waals surface area contributed by atoms with Crippen molar-refractivity contribution >= 4 is 23.4 Å². The van der Waals surface area contributed by atoms with E-state index >= 15 is 0 Å².